The minimum absolute atomic E-state index is 0.0258. The van der Waals surface area contributed by atoms with E-state index in [1.54, 1.807) is 18.2 Å². The molecule has 174 valence electrons. The molecular formula is C26H32Cl2O3S. The van der Waals surface area contributed by atoms with E-state index in [9.17, 15) is 14.4 Å². The summed E-state index contributed by atoms with van der Waals surface area (Å²) in [5.41, 5.74) is 0.430. The molecule has 2 unspecified atom stereocenters. The van der Waals surface area contributed by atoms with Gasteiger partial charge in [-0.1, -0.05) is 50.3 Å². The Bertz CT molecular complexity index is 939. The van der Waals surface area contributed by atoms with E-state index in [1.165, 1.54) is 18.7 Å². The van der Waals surface area contributed by atoms with Crippen LogP contribution in [-0.2, 0) is 14.4 Å². The van der Waals surface area contributed by atoms with E-state index in [-0.39, 0.29) is 45.2 Å². The average molecular weight is 496 g/mol. The van der Waals surface area contributed by atoms with E-state index in [0.717, 1.165) is 24.8 Å². The molecule has 6 heteroatoms. The number of hydrogen-bond acceptors (Lipinski definition) is 4. The Morgan fingerprint density at radius 3 is 2.69 bits per heavy atom. The quantitative estimate of drug-likeness (QED) is 0.347. The maximum Gasteiger partial charge on any atom is 0.186 e. The van der Waals surface area contributed by atoms with Gasteiger partial charge in [-0.25, -0.2) is 0 Å². The summed E-state index contributed by atoms with van der Waals surface area (Å²) in [6.45, 7) is 8.09. The normalized spacial score (nSPS) is 45.2. The SMILES string of the molecule is CC(=O)SCC=CC(=O)[C@H]1C(C)C[C@H]2[C@@H]3CCC4=CC(=O)C=C[C@]4(C)[C@@]3(Cl)C(Cl)C[C@]12C. The second-order valence-electron chi connectivity index (χ2n) is 10.6. The van der Waals surface area contributed by atoms with Crippen LogP contribution in [0.5, 0.6) is 0 Å². The van der Waals surface area contributed by atoms with Crippen LogP contribution < -0.4 is 0 Å². The van der Waals surface area contributed by atoms with Crippen LogP contribution in [-0.4, -0.2) is 32.7 Å². The van der Waals surface area contributed by atoms with Crippen LogP contribution >= 0.6 is 35.0 Å². The van der Waals surface area contributed by atoms with Gasteiger partial charge in [0, 0.05) is 24.0 Å². The van der Waals surface area contributed by atoms with Crippen molar-refractivity contribution in [3.05, 3.63) is 36.0 Å². The maximum absolute atomic E-state index is 13.3. The third-order valence-electron chi connectivity index (χ3n) is 8.91. The molecule has 32 heavy (non-hydrogen) atoms. The fourth-order valence-electron chi connectivity index (χ4n) is 7.55. The van der Waals surface area contributed by atoms with E-state index in [0.29, 0.717) is 18.1 Å². The second kappa shape index (κ2) is 8.43. The molecule has 0 heterocycles. The van der Waals surface area contributed by atoms with Gasteiger partial charge in [-0.3, -0.25) is 14.4 Å². The minimum atomic E-state index is -0.675. The molecule has 4 aliphatic rings. The lowest BCUT2D eigenvalue weighted by Crippen LogP contribution is -2.64. The van der Waals surface area contributed by atoms with E-state index in [4.69, 9.17) is 23.2 Å². The molecule has 0 spiro atoms. The number of allylic oxidation sites excluding steroid dienone is 5. The Kier molecular flexibility index (Phi) is 6.40. The van der Waals surface area contributed by atoms with Gasteiger partial charge in [0.05, 0.1) is 10.3 Å². The van der Waals surface area contributed by atoms with Crippen LogP contribution in [0.3, 0.4) is 0 Å². The van der Waals surface area contributed by atoms with Crippen molar-refractivity contribution in [2.24, 2.45) is 34.5 Å². The lowest BCUT2D eigenvalue weighted by Gasteiger charge is -2.63. The highest BCUT2D eigenvalue weighted by Gasteiger charge is 2.70. The molecule has 0 saturated heterocycles. The molecule has 0 amide bonds. The molecule has 3 nitrogen and oxygen atoms in total. The van der Waals surface area contributed by atoms with Crippen molar-refractivity contribution < 1.29 is 14.4 Å². The number of hydrogen-bond donors (Lipinski definition) is 0. The van der Waals surface area contributed by atoms with Crippen LogP contribution in [0.1, 0.15) is 53.4 Å². The van der Waals surface area contributed by atoms with Crippen LogP contribution in [0.25, 0.3) is 0 Å². The number of fused-ring (bicyclic) bond motifs is 5. The van der Waals surface area contributed by atoms with Gasteiger partial charge in [0.15, 0.2) is 16.7 Å². The topological polar surface area (TPSA) is 51.2 Å². The van der Waals surface area contributed by atoms with Crippen LogP contribution in [0, 0.1) is 34.5 Å². The second-order valence-corrected chi connectivity index (χ2v) is 13.0. The number of thioether (sulfide) groups is 1. The summed E-state index contributed by atoms with van der Waals surface area (Å²) < 4.78 is 0. The zero-order chi connectivity index (χ0) is 23.5. The number of carbonyl (C=O) groups is 3. The maximum atomic E-state index is 13.3. The Labute approximate surface area is 205 Å². The summed E-state index contributed by atoms with van der Waals surface area (Å²) in [5, 5.41) is -0.253. The Hall–Kier alpha value is -0.840. The number of ketones is 2. The third-order valence-corrected chi connectivity index (χ3v) is 11.2. The lowest BCUT2D eigenvalue weighted by atomic mass is 9.47. The van der Waals surface area contributed by atoms with Crippen molar-refractivity contribution in [2.45, 2.75) is 63.6 Å². The molecule has 3 saturated carbocycles. The molecule has 0 aromatic carbocycles. The molecular weight excluding hydrogens is 463 g/mol. The number of rotatable bonds is 4. The summed E-state index contributed by atoms with van der Waals surface area (Å²) in [4.78, 5) is 35.9. The summed E-state index contributed by atoms with van der Waals surface area (Å²) in [7, 11) is 0. The van der Waals surface area contributed by atoms with Crippen molar-refractivity contribution in [2.75, 3.05) is 5.75 Å². The molecule has 3 fully saturated rings. The van der Waals surface area contributed by atoms with E-state index in [1.807, 2.05) is 12.2 Å². The van der Waals surface area contributed by atoms with E-state index in [2.05, 4.69) is 20.8 Å². The smallest absolute Gasteiger partial charge is 0.186 e. The van der Waals surface area contributed by atoms with Crippen LogP contribution in [0.2, 0.25) is 0 Å². The molecule has 0 bridgehead atoms. The Balaban J connectivity index is 1.65. The fourth-order valence-corrected chi connectivity index (χ4v) is 9.22. The highest BCUT2D eigenvalue weighted by molar-refractivity contribution is 8.13. The minimum Gasteiger partial charge on any atom is -0.295 e. The molecule has 0 N–H and O–H groups in total. The largest absolute Gasteiger partial charge is 0.295 e. The first-order chi connectivity index (χ1) is 14.9. The van der Waals surface area contributed by atoms with Crippen molar-refractivity contribution in [1.82, 2.24) is 0 Å². The lowest BCUT2D eigenvalue weighted by molar-refractivity contribution is -0.125. The van der Waals surface area contributed by atoms with Gasteiger partial charge in [-0.15, -0.1) is 23.2 Å². The summed E-state index contributed by atoms with van der Waals surface area (Å²) in [6, 6.07) is 0. The zero-order valence-electron chi connectivity index (χ0n) is 19.2. The van der Waals surface area contributed by atoms with Crippen molar-refractivity contribution in [1.29, 1.82) is 0 Å². The van der Waals surface area contributed by atoms with Gasteiger partial charge >= 0.3 is 0 Å². The highest BCUT2D eigenvalue weighted by Crippen LogP contribution is 2.71. The van der Waals surface area contributed by atoms with Gasteiger partial charge in [-0.2, -0.15) is 0 Å². The number of carbonyl (C=O) groups excluding carboxylic acids is 3. The van der Waals surface area contributed by atoms with Crippen molar-refractivity contribution in [3.8, 4) is 0 Å². The first-order valence-electron chi connectivity index (χ1n) is 11.6. The fraction of sp³-hybridized carbons (Fsp3) is 0.654. The molecule has 8 atom stereocenters. The molecule has 0 aliphatic heterocycles. The third kappa shape index (κ3) is 3.51. The zero-order valence-corrected chi connectivity index (χ0v) is 21.5. The first kappa shape index (κ1) is 24.3. The monoisotopic (exact) mass is 494 g/mol. The average Bonchev–Trinajstić information content (AvgIpc) is 2.96. The number of alkyl halides is 2. The van der Waals surface area contributed by atoms with Crippen molar-refractivity contribution in [3.63, 3.8) is 0 Å². The molecule has 4 aliphatic carbocycles. The summed E-state index contributed by atoms with van der Waals surface area (Å²) in [5.74, 6) is 1.33. The predicted molar refractivity (Wildman–Crippen MR) is 132 cm³/mol. The van der Waals surface area contributed by atoms with Gasteiger partial charge < -0.3 is 0 Å². The van der Waals surface area contributed by atoms with E-state index >= 15 is 0 Å². The molecule has 4 rings (SSSR count). The van der Waals surface area contributed by atoms with Crippen molar-refractivity contribution >= 4 is 51.6 Å². The molecule has 0 aromatic rings. The number of halogens is 2. The van der Waals surface area contributed by atoms with Crippen LogP contribution in [0.4, 0.5) is 0 Å². The Morgan fingerprint density at radius 2 is 2.00 bits per heavy atom. The Morgan fingerprint density at radius 1 is 1.28 bits per heavy atom. The molecule has 0 aromatic heterocycles. The van der Waals surface area contributed by atoms with Gasteiger partial charge in [0.25, 0.3) is 0 Å². The first-order valence-corrected chi connectivity index (χ1v) is 13.4. The highest BCUT2D eigenvalue weighted by atomic mass is 35.5. The predicted octanol–water partition coefficient (Wildman–Crippen LogP) is 6.14. The molecule has 0 radical (unpaired) electrons. The van der Waals surface area contributed by atoms with Crippen LogP contribution in [0.15, 0.2) is 36.0 Å². The van der Waals surface area contributed by atoms with Gasteiger partial charge in [0.1, 0.15) is 0 Å². The standard InChI is InChI=1S/C26H32Cl2O3S/c1-15-12-20-19-8-7-17-13-18(30)9-10-25(17,4)26(19,28)22(27)14-24(20,3)23(15)21(31)6-5-11-32-16(2)29/h5-6,9-10,13,15,19-20,22-23H,7-8,11-12,14H2,1-4H3/t15?,19-,20-,22?,23+,24-,25-,26-/m0/s1. The summed E-state index contributed by atoms with van der Waals surface area (Å²) >= 11 is 15.9. The summed E-state index contributed by atoms with van der Waals surface area (Å²) in [6.07, 6.45) is 12.3. The van der Waals surface area contributed by atoms with Gasteiger partial charge in [-0.05, 0) is 67.1 Å². The van der Waals surface area contributed by atoms with E-state index < -0.39 is 10.3 Å². The van der Waals surface area contributed by atoms with Gasteiger partial charge in [0.2, 0.25) is 0 Å².